The van der Waals surface area contributed by atoms with Crippen molar-refractivity contribution >= 4 is 53.4 Å². The molecule has 0 rings (SSSR count). The average molecular weight is 655 g/mol. The zero-order valence-electron chi connectivity index (χ0n) is 25.2. The lowest BCUT2D eigenvalue weighted by Gasteiger charge is -2.13. The Morgan fingerprint density at radius 1 is 0.705 bits per heavy atom. The van der Waals surface area contributed by atoms with E-state index in [4.69, 9.17) is 36.5 Å². The maximum atomic E-state index is 11.7. The number of carbonyl (C=O) groups excluding carboxylic acids is 5. The fourth-order valence-electron chi connectivity index (χ4n) is 2.88. The van der Waals surface area contributed by atoms with E-state index in [1.165, 1.54) is 23.9 Å². The van der Waals surface area contributed by atoms with Crippen molar-refractivity contribution in [3.63, 3.8) is 0 Å². The lowest BCUT2D eigenvalue weighted by atomic mass is 10.2. The van der Waals surface area contributed by atoms with Gasteiger partial charge in [0.2, 0.25) is 0 Å². The fraction of sp³-hybridized carbons (Fsp3) is 0.581. The van der Waals surface area contributed by atoms with E-state index in [1.807, 2.05) is 6.92 Å². The van der Waals surface area contributed by atoms with Crippen LogP contribution in [0, 0.1) is 24.7 Å². The summed E-state index contributed by atoms with van der Waals surface area (Å²) in [6.07, 6.45) is 17.4. The van der Waals surface area contributed by atoms with Gasteiger partial charge in [0.15, 0.2) is 0 Å². The molecule has 0 aliphatic rings. The summed E-state index contributed by atoms with van der Waals surface area (Å²) in [5.41, 5.74) is 0. The van der Waals surface area contributed by atoms with Gasteiger partial charge in [-0.15, -0.1) is 36.4 Å². The molecule has 0 aromatic heterocycles. The molecule has 0 aromatic carbocycles. The highest BCUT2D eigenvalue weighted by atomic mass is 32.2. The molecule has 0 bridgehead atoms. The van der Waals surface area contributed by atoms with Gasteiger partial charge in [-0.3, -0.25) is 9.59 Å². The summed E-state index contributed by atoms with van der Waals surface area (Å²) in [6.45, 7) is 2.35. The minimum absolute atomic E-state index is 0.00254. The molecule has 0 aliphatic heterocycles. The zero-order valence-corrected chi connectivity index (χ0v) is 26.8. The second kappa shape index (κ2) is 29.7. The van der Waals surface area contributed by atoms with Gasteiger partial charge in [0.25, 0.3) is 0 Å². The van der Waals surface area contributed by atoms with Crippen molar-refractivity contribution < 1.29 is 52.4 Å². The van der Waals surface area contributed by atoms with Gasteiger partial charge in [0.05, 0.1) is 32.5 Å². The minimum Gasteiger partial charge on any atom is -0.465 e. The Morgan fingerprint density at radius 3 is 1.75 bits per heavy atom. The zero-order chi connectivity index (χ0) is 32.7. The van der Waals surface area contributed by atoms with Gasteiger partial charge in [-0.2, -0.15) is 0 Å². The van der Waals surface area contributed by atoms with Crippen LogP contribution in [0.15, 0.2) is 23.0 Å². The van der Waals surface area contributed by atoms with Gasteiger partial charge in [0, 0.05) is 30.9 Å². The molecule has 0 saturated heterocycles. The predicted octanol–water partition coefficient (Wildman–Crippen LogP) is 3.99. The van der Waals surface area contributed by atoms with E-state index in [2.05, 4.69) is 10.7 Å². The molecule has 0 amide bonds. The van der Waals surface area contributed by atoms with Gasteiger partial charge in [-0.1, -0.05) is 25.7 Å². The van der Waals surface area contributed by atoms with E-state index in [0.29, 0.717) is 6.42 Å². The van der Waals surface area contributed by atoms with Crippen LogP contribution in [-0.2, 0) is 52.4 Å². The second-order valence-electron chi connectivity index (χ2n) is 8.71. The van der Waals surface area contributed by atoms with Gasteiger partial charge in [-0.25, -0.2) is 14.4 Å². The molecule has 13 heteroatoms. The summed E-state index contributed by atoms with van der Waals surface area (Å²) in [4.78, 5) is 57.4. The van der Waals surface area contributed by atoms with Crippen LogP contribution in [0.5, 0.6) is 0 Å². The number of hydrogen-bond donors (Lipinski definition) is 0. The standard InChI is InChI=1S/C31H42O11S2/c1-4-15-37-26(5-2)25-42-29(34)14-23-44-21-10-8-7-9-20-43-22-13-28(33)39-17-12-19-41-31(36)24-30(35)40-18-11-16-38-27(32)6-3/h1,3,13-14,22-23,26H,5,7-12,15-21,24-25H2,2H3/b22-13+,23-14?. The van der Waals surface area contributed by atoms with E-state index >= 15 is 0 Å². The Labute approximate surface area is 268 Å². The smallest absolute Gasteiger partial charge is 0.384 e. The molecular weight excluding hydrogens is 612 g/mol. The molecule has 0 N–H and O–H groups in total. The van der Waals surface area contributed by atoms with Crippen molar-refractivity contribution in [2.75, 3.05) is 51.1 Å². The number of terminal acetylenes is 2. The normalized spacial score (nSPS) is 11.3. The lowest BCUT2D eigenvalue weighted by molar-refractivity contribution is -0.155. The number of unbranched alkanes of at least 4 members (excludes halogenated alkanes) is 3. The van der Waals surface area contributed by atoms with Gasteiger partial charge < -0.3 is 28.4 Å². The molecule has 0 aromatic rings. The number of esters is 5. The van der Waals surface area contributed by atoms with Crippen molar-refractivity contribution in [1.29, 1.82) is 0 Å². The monoisotopic (exact) mass is 654 g/mol. The van der Waals surface area contributed by atoms with Crippen molar-refractivity contribution in [3.05, 3.63) is 23.0 Å². The predicted molar refractivity (Wildman–Crippen MR) is 168 cm³/mol. The van der Waals surface area contributed by atoms with Crippen molar-refractivity contribution in [1.82, 2.24) is 0 Å². The quantitative estimate of drug-likeness (QED) is 0.0253. The van der Waals surface area contributed by atoms with Crippen molar-refractivity contribution in [2.45, 2.75) is 64.4 Å². The third-order valence-electron chi connectivity index (χ3n) is 5.13. The average Bonchev–Trinajstić information content (AvgIpc) is 3.01. The third kappa shape index (κ3) is 27.4. The van der Waals surface area contributed by atoms with Crippen LogP contribution in [0.1, 0.15) is 58.3 Å². The molecule has 0 heterocycles. The van der Waals surface area contributed by atoms with Crippen LogP contribution >= 0.6 is 23.5 Å². The number of thioether (sulfide) groups is 2. The van der Waals surface area contributed by atoms with Crippen LogP contribution in [-0.4, -0.2) is 87.1 Å². The third-order valence-corrected chi connectivity index (χ3v) is 6.84. The summed E-state index contributed by atoms with van der Waals surface area (Å²) in [5.74, 6) is 2.76. The second-order valence-corrected chi connectivity index (χ2v) is 10.7. The van der Waals surface area contributed by atoms with Crippen LogP contribution in [0.3, 0.4) is 0 Å². The van der Waals surface area contributed by atoms with E-state index in [0.717, 1.165) is 37.2 Å². The Kier molecular flexibility index (Phi) is 27.4. The summed E-state index contributed by atoms with van der Waals surface area (Å²) in [7, 11) is 0. The highest BCUT2D eigenvalue weighted by Gasteiger charge is 2.12. The maximum Gasteiger partial charge on any atom is 0.384 e. The van der Waals surface area contributed by atoms with Gasteiger partial charge >= 0.3 is 29.8 Å². The molecule has 1 unspecified atom stereocenters. The molecule has 0 aliphatic carbocycles. The van der Waals surface area contributed by atoms with Crippen LogP contribution in [0.4, 0.5) is 0 Å². The fourth-order valence-corrected chi connectivity index (χ4v) is 4.31. The van der Waals surface area contributed by atoms with E-state index in [-0.39, 0.29) is 58.6 Å². The van der Waals surface area contributed by atoms with Gasteiger partial charge in [0.1, 0.15) is 19.6 Å². The largest absolute Gasteiger partial charge is 0.465 e. The first-order valence-corrected chi connectivity index (χ1v) is 16.3. The molecule has 1 atom stereocenters. The maximum absolute atomic E-state index is 11.7. The van der Waals surface area contributed by atoms with Crippen LogP contribution in [0.25, 0.3) is 0 Å². The number of carbonyl (C=O) groups is 5. The molecule has 0 fully saturated rings. The SMILES string of the molecule is C#CCOC(CC)COC(=O)C=CSCCCCCCS/C=C/C(=O)OCCCOC(=O)CC(=O)OCCCOC(=O)C#C. The summed E-state index contributed by atoms with van der Waals surface area (Å²) in [5, 5.41) is 3.44. The molecule has 0 radical (unpaired) electrons. The van der Waals surface area contributed by atoms with Crippen molar-refractivity contribution in [2.24, 2.45) is 0 Å². The molecule has 0 spiro atoms. The summed E-state index contributed by atoms with van der Waals surface area (Å²) in [6, 6.07) is 0. The van der Waals surface area contributed by atoms with E-state index in [9.17, 15) is 24.0 Å². The summed E-state index contributed by atoms with van der Waals surface area (Å²) >= 11 is 3.08. The molecule has 44 heavy (non-hydrogen) atoms. The topological polar surface area (TPSA) is 141 Å². The minimum atomic E-state index is -0.801. The number of hydrogen-bond acceptors (Lipinski definition) is 13. The first kappa shape index (κ1) is 40.6. The number of rotatable bonds is 26. The first-order chi connectivity index (χ1) is 21.3. The summed E-state index contributed by atoms with van der Waals surface area (Å²) < 4.78 is 29.9. The Bertz CT molecular complexity index is 996. The highest BCUT2D eigenvalue weighted by molar-refractivity contribution is 8.02. The Balaban J connectivity index is 3.62. The molecule has 11 nitrogen and oxygen atoms in total. The Hall–Kier alpha value is -3.39. The van der Waals surface area contributed by atoms with E-state index in [1.54, 1.807) is 28.5 Å². The molecule has 0 saturated carbocycles. The van der Waals surface area contributed by atoms with Crippen molar-refractivity contribution in [3.8, 4) is 24.7 Å². The van der Waals surface area contributed by atoms with Crippen LogP contribution in [0.2, 0.25) is 0 Å². The molecule has 244 valence electrons. The van der Waals surface area contributed by atoms with Crippen LogP contribution < -0.4 is 0 Å². The Morgan fingerprint density at radius 2 is 1.23 bits per heavy atom. The molecular formula is C31H42O11S2. The number of ether oxygens (including phenoxy) is 6. The lowest BCUT2D eigenvalue weighted by Crippen LogP contribution is -2.21. The first-order valence-electron chi connectivity index (χ1n) is 14.2. The van der Waals surface area contributed by atoms with Gasteiger partial charge in [-0.05, 0) is 41.6 Å². The highest BCUT2D eigenvalue weighted by Crippen LogP contribution is 2.12. The van der Waals surface area contributed by atoms with E-state index < -0.39 is 36.3 Å².